The van der Waals surface area contributed by atoms with E-state index in [0.717, 1.165) is 6.07 Å². The van der Waals surface area contributed by atoms with Gasteiger partial charge in [-0.05, 0) is 46.3 Å². The number of halogens is 2. The molecule has 9 heteroatoms. The molecule has 0 aliphatic heterocycles. The minimum atomic E-state index is -4.20. The van der Waals surface area contributed by atoms with E-state index in [9.17, 15) is 22.7 Å². The fourth-order valence-corrected chi connectivity index (χ4v) is 3.17. The lowest BCUT2D eigenvalue weighted by Gasteiger charge is -2.14. The van der Waals surface area contributed by atoms with Crippen LogP contribution in [-0.4, -0.2) is 26.6 Å². The molecule has 2 N–H and O–H groups in total. The molecule has 0 bridgehead atoms. The summed E-state index contributed by atoms with van der Waals surface area (Å²) in [7, 11) is -2.92. The van der Waals surface area contributed by atoms with E-state index < -0.39 is 21.8 Å². The van der Waals surface area contributed by atoms with Crippen molar-refractivity contribution in [2.24, 2.45) is 0 Å². The molecule has 6 nitrogen and oxygen atoms in total. The van der Waals surface area contributed by atoms with Gasteiger partial charge < -0.3 is 9.84 Å². The smallest absolute Gasteiger partial charge is 0.337 e. The van der Waals surface area contributed by atoms with E-state index in [0.29, 0.717) is 0 Å². The number of anilines is 1. The molecule has 0 aromatic heterocycles. The molecule has 0 atom stereocenters. The number of rotatable bonds is 5. The summed E-state index contributed by atoms with van der Waals surface area (Å²) in [6, 6.07) is 7.30. The molecule has 0 heterocycles. The van der Waals surface area contributed by atoms with E-state index in [-0.39, 0.29) is 26.4 Å². The first-order valence-corrected chi connectivity index (χ1v) is 8.42. The average Bonchev–Trinajstić information content (AvgIpc) is 2.49. The van der Waals surface area contributed by atoms with Gasteiger partial charge in [-0.2, -0.15) is 0 Å². The van der Waals surface area contributed by atoms with E-state index in [4.69, 9.17) is 4.74 Å². The highest BCUT2D eigenvalue weighted by atomic mass is 79.9. The van der Waals surface area contributed by atoms with E-state index in [1.165, 1.54) is 37.4 Å². The van der Waals surface area contributed by atoms with Gasteiger partial charge in [0.05, 0.1) is 22.0 Å². The zero-order valence-corrected chi connectivity index (χ0v) is 14.1. The number of hydrogen-bond acceptors (Lipinski definition) is 4. The first-order valence-electron chi connectivity index (χ1n) is 6.14. The van der Waals surface area contributed by atoms with Crippen LogP contribution in [0.1, 0.15) is 10.4 Å². The lowest BCUT2D eigenvalue weighted by molar-refractivity contribution is 0.0697. The zero-order chi connectivity index (χ0) is 17.2. The van der Waals surface area contributed by atoms with Crippen molar-refractivity contribution in [1.29, 1.82) is 0 Å². The second kappa shape index (κ2) is 6.55. The summed E-state index contributed by atoms with van der Waals surface area (Å²) >= 11 is 2.93. The maximum absolute atomic E-state index is 13.5. The number of carbonyl (C=O) groups is 1. The Morgan fingerprint density at radius 3 is 2.57 bits per heavy atom. The van der Waals surface area contributed by atoms with E-state index >= 15 is 0 Å². The molecule has 0 amide bonds. The van der Waals surface area contributed by atoms with Crippen molar-refractivity contribution in [1.82, 2.24) is 0 Å². The number of benzene rings is 2. The molecule has 0 unspecified atom stereocenters. The largest absolute Gasteiger partial charge is 0.495 e. The molecule has 0 aliphatic carbocycles. The molecule has 2 aromatic rings. The quantitative estimate of drug-likeness (QED) is 0.799. The molecule has 0 radical (unpaired) electrons. The number of hydrogen-bond donors (Lipinski definition) is 2. The topological polar surface area (TPSA) is 92.7 Å². The number of carboxylic acid groups (broad SMARTS) is 1. The fourth-order valence-electron chi connectivity index (χ4n) is 1.82. The van der Waals surface area contributed by atoms with Crippen molar-refractivity contribution in [2.75, 3.05) is 11.8 Å². The van der Waals surface area contributed by atoms with Crippen LogP contribution >= 0.6 is 15.9 Å². The predicted octanol–water partition coefficient (Wildman–Crippen LogP) is 3.10. The summed E-state index contributed by atoms with van der Waals surface area (Å²) in [6.07, 6.45) is 0. The molecule has 0 aliphatic rings. The Labute approximate surface area is 140 Å². The van der Waals surface area contributed by atoms with Gasteiger partial charge in [0.2, 0.25) is 0 Å². The Hall–Kier alpha value is -2.13. The third-order valence-electron chi connectivity index (χ3n) is 2.91. The predicted molar refractivity (Wildman–Crippen MR) is 84.9 cm³/mol. The molecule has 122 valence electrons. The first-order chi connectivity index (χ1) is 10.8. The lowest BCUT2D eigenvalue weighted by Crippen LogP contribution is -2.16. The molecular weight excluding hydrogens is 393 g/mol. The maximum atomic E-state index is 13.5. The van der Waals surface area contributed by atoms with Gasteiger partial charge >= 0.3 is 5.97 Å². The van der Waals surface area contributed by atoms with Gasteiger partial charge in [0.25, 0.3) is 10.0 Å². The lowest BCUT2D eigenvalue weighted by atomic mass is 10.1. The molecule has 0 saturated carbocycles. The highest BCUT2D eigenvalue weighted by molar-refractivity contribution is 9.10. The summed E-state index contributed by atoms with van der Waals surface area (Å²) in [5, 5.41) is 9.18. The molecule has 0 saturated heterocycles. The van der Waals surface area contributed by atoms with Crippen molar-refractivity contribution < 1.29 is 27.4 Å². The highest BCUT2D eigenvalue weighted by Gasteiger charge is 2.22. The molecule has 0 fully saturated rings. The van der Waals surface area contributed by atoms with Crippen molar-refractivity contribution in [3.8, 4) is 5.75 Å². The van der Waals surface area contributed by atoms with Crippen LogP contribution in [0.15, 0.2) is 45.8 Å². The van der Waals surface area contributed by atoms with Crippen molar-refractivity contribution in [3.05, 3.63) is 52.3 Å². The highest BCUT2D eigenvalue weighted by Crippen LogP contribution is 2.31. The summed E-state index contributed by atoms with van der Waals surface area (Å²) in [5.74, 6) is -2.05. The van der Waals surface area contributed by atoms with Crippen molar-refractivity contribution >= 4 is 37.6 Å². The summed E-state index contributed by atoms with van der Waals surface area (Å²) in [5.41, 5.74) is -0.517. The Morgan fingerprint density at radius 2 is 2.00 bits per heavy atom. The summed E-state index contributed by atoms with van der Waals surface area (Å²) < 4.78 is 45.5. The summed E-state index contributed by atoms with van der Waals surface area (Å²) in [4.78, 5) is 10.9. The monoisotopic (exact) mass is 403 g/mol. The van der Waals surface area contributed by atoms with Gasteiger partial charge in [0.15, 0.2) is 0 Å². The van der Waals surface area contributed by atoms with E-state index in [1.54, 1.807) is 0 Å². The Morgan fingerprint density at radius 1 is 1.30 bits per heavy atom. The number of nitrogens with one attached hydrogen (secondary N) is 1. The fraction of sp³-hybridized carbons (Fsp3) is 0.0714. The molecule has 2 rings (SSSR count). The second-order valence-corrected chi connectivity index (χ2v) is 6.91. The van der Waals surface area contributed by atoms with Crippen LogP contribution in [0, 0.1) is 5.82 Å². The molecule has 23 heavy (non-hydrogen) atoms. The average molecular weight is 404 g/mol. The van der Waals surface area contributed by atoms with Crippen LogP contribution in [-0.2, 0) is 10.0 Å². The number of ether oxygens (including phenoxy) is 1. The second-order valence-electron chi connectivity index (χ2n) is 4.37. The Bertz CT molecular complexity index is 869. The number of para-hydroxylation sites is 1. The van der Waals surface area contributed by atoms with Gasteiger partial charge in [-0.3, -0.25) is 4.72 Å². The zero-order valence-electron chi connectivity index (χ0n) is 11.7. The number of aromatic carboxylic acids is 1. The number of methoxy groups -OCH3 is 1. The van der Waals surface area contributed by atoms with Crippen molar-refractivity contribution in [3.63, 3.8) is 0 Å². The number of sulfonamides is 1. The van der Waals surface area contributed by atoms with Gasteiger partial charge in [0.1, 0.15) is 17.3 Å². The minimum absolute atomic E-state index is 0.0334. The summed E-state index contributed by atoms with van der Waals surface area (Å²) in [6.45, 7) is 0. The van der Waals surface area contributed by atoms with E-state index in [1.807, 2.05) is 0 Å². The standard InChI is InChI=1S/C14H11BrFNO5S/c1-22-12-4-2-3-9(14(18)19)13(12)17-23(20,21)8-5-6-10(15)11(16)7-8/h2-7,17H,1H3,(H,18,19). The van der Waals surface area contributed by atoms with Gasteiger partial charge in [-0.15, -0.1) is 0 Å². The third kappa shape index (κ3) is 3.62. The van der Waals surface area contributed by atoms with Crippen LogP contribution < -0.4 is 9.46 Å². The van der Waals surface area contributed by atoms with Gasteiger partial charge in [0, 0.05) is 0 Å². The van der Waals surface area contributed by atoms with Crippen LogP contribution in [0.5, 0.6) is 5.75 Å². The Balaban J connectivity index is 2.52. The molecular formula is C14H11BrFNO5S. The SMILES string of the molecule is COc1cccc(C(=O)O)c1NS(=O)(=O)c1ccc(Br)c(F)c1. The van der Waals surface area contributed by atoms with Crippen LogP contribution in [0.25, 0.3) is 0 Å². The van der Waals surface area contributed by atoms with Crippen LogP contribution in [0.2, 0.25) is 0 Å². The number of carboxylic acids is 1. The normalized spacial score (nSPS) is 11.1. The Kier molecular flexibility index (Phi) is 4.90. The molecule has 2 aromatic carbocycles. The van der Waals surface area contributed by atoms with E-state index in [2.05, 4.69) is 20.7 Å². The van der Waals surface area contributed by atoms with Crippen LogP contribution in [0.4, 0.5) is 10.1 Å². The maximum Gasteiger partial charge on any atom is 0.337 e. The first kappa shape index (κ1) is 17.2. The van der Waals surface area contributed by atoms with Crippen LogP contribution in [0.3, 0.4) is 0 Å². The van der Waals surface area contributed by atoms with Gasteiger partial charge in [-0.1, -0.05) is 6.07 Å². The van der Waals surface area contributed by atoms with Crippen molar-refractivity contribution in [2.45, 2.75) is 4.90 Å². The molecule has 0 spiro atoms. The third-order valence-corrected chi connectivity index (χ3v) is 4.90. The minimum Gasteiger partial charge on any atom is -0.495 e. The van der Waals surface area contributed by atoms with Gasteiger partial charge in [-0.25, -0.2) is 17.6 Å².